The number of halogens is 1. The highest BCUT2D eigenvalue weighted by molar-refractivity contribution is 7.13. The van der Waals surface area contributed by atoms with Crippen LogP contribution in [-0.4, -0.2) is 28.0 Å². The molecule has 2 aromatic rings. The van der Waals surface area contributed by atoms with E-state index in [1.54, 1.807) is 31.4 Å². The Labute approximate surface area is 143 Å². The molecule has 122 valence electrons. The number of carbonyl (C=O) groups excluding carboxylic acids is 1. The first-order valence-corrected chi connectivity index (χ1v) is 8.35. The summed E-state index contributed by atoms with van der Waals surface area (Å²) >= 11 is 7.29. The summed E-state index contributed by atoms with van der Waals surface area (Å²) in [6.07, 6.45) is 0.0561. The molecule has 0 aliphatic rings. The van der Waals surface area contributed by atoms with Gasteiger partial charge in [0.25, 0.3) is 0 Å². The second-order valence-corrected chi connectivity index (χ2v) is 6.75. The number of nitrogens with zero attached hydrogens (tertiary/aromatic N) is 1. The molecule has 0 bridgehead atoms. The Hall–Kier alpha value is -1.92. The van der Waals surface area contributed by atoms with Gasteiger partial charge in [0.05, 0.1) is 12.1 Å². The first-order chi connectivity index (χ1) is 10.9. The number of thiazole rings is 1. The van der Waals surface area contributed by atoms with Crippen molar-refractivity contribution in [1.82, 2.24) is 10.3 Å². The van der Waals surface area contributed by atoms with Gasteiger partial charge in [-0.15, -0.1) is 11.3 Å². The molecule has 5 nitrogen and oxygen atoms in total. The summed E-state index contributed by atoms with van der Waals surface area (Å²) in [5.74, 6) is -1.57. The first kappa shape index (κ1) is 17.4. The van der Waals surface area contributed by atoms with Crippen LogP contribution in [-0.2, 0) is 16.0 Å². The van der Waals surface area contributed by atoms with Crippen LogP contribution in [0.25, 0.3) is 10.6 Å². The number of hydrogen-bond donors (Lipinski definition) is 2. The van der Waals surface area contributed by atoms with Crippen molar-refractivity contribution < 1.29 is 14.7 Å². The lowest BCUT2D eigenvalue weighted by atomic mass is 10.0. The maximum absolute atomic E-state index is 12.0. The lowest BCUT2D eigenvalue weighted by Crippen LogP contribution is -2.44. The molecule has 7 heteroatoms. The number of benzene rings is 1. The fourth-order valence-electron chi connectivity index (χ4n) is 2.02. The smallest absolute Gasteiger partial charge is 0.326 e. The number of rotatable bonds is 6. The standard InChI is InChI=1S/C16H17ClN2O3S/c1-9(2)14(16(21)22)19-13(20)7-12-8-23-15(18-12)10-3-5-11(17)6-4-10/h3-6,8-9,14H,7H2,1-2H3,(H,19,20)(H,21,22)/t14-/m1/s1. The predicted molar refractivity (Wildman–Crippen MR) is 90.7 cm³/mol. The molecule has 1 heterocycles. The van der Waals surface area contributed by atoms with E-state index in [1.807, 2.05) is 12.1 Å². The average Bonchev–Trinajstić information content (AvgIpc) is 2.93. The molecular formula is C16H17ClN2O3S. The van der Waals surface area contributed by atoms with Crippen LogP contribution in [0.2, 0.25) is 5.02 Å². The van der Waals surface area contributed by atoms with Crippen molar-refractivity contribution >= 4 is 34.8 Å². The second-order valence-electron chi connectivity index (χ2n) is 5.46. The van der Waals surface area contributed by atoms with Crippen molar-refractivity contribution in [1.29, 1.82) is 0 Å². The second kappa shape index (κ2) is 7.57. The minimum atomic E-state index is -1.03. The Balaban J connectivity index is 2.02. The van der Waals surface area contributed by atoms with Crippen LogP contribution < -0.4 is 5.32 Å². The molecule has 1 aromatic heterocycles. The fourth-order valence-corrected chi connectivity index (χ4v) is 2.97. The van der Waals surface area contributed by atoms with E-state index in [1.165, 1.54) is 11.3 Å². The van der Waals surface area contributed by atoms with Crippen LogP contribution >= 0.6 is 22.9 Å². The zero-order chi connectivity index (χ0) is 17.0. The summed E-state index contributed by atoms with van der Waals surface area (Å²) in [6.45, 7) is 3.50. The number of aromatic nitrogens is 1. The van der Waals surface area contributed by atoms with Gasteiger partial charge in [-0.3, -0.25) is 4.79 Å². The molecule has 0 fully saturated rings. The van der Waals surface area contributed by atoms with Crippen molar-refractivity contribution in [2.75, 3.05) is 0 Å². The lowest BCUT2D eigenvalue weighted by molar-refractivity contribution is -0.143. The SMILES string of the molecule is CC(C)[C@@H](NC(=O)Cc1csc(-c2ccc(Cl)cc2)n1)C(=O)O. The predicted octanol–water partition coefficient (Wildman–Crippen LogP) is 3.23. The summed E-state index contributed by atoms with van der Waals surface area (Å²) in [5, 5.41) is 14.9. The third-order valence-corrected chi connectivity index (χ3v) is 4.43. The Morgan fingerprint density at radius 3 is 2.52 bits per heavy atom. The minimum absolute atomic E-state index is 0.0561. The normalized spacial score (nSPS) is 12.2. The van der Waals surface area contributed by atoms with Crippen LogP contribution in [0.15, 0.2) is 29.6 Å². The van der Waals surface area contributed by atoms with Crippen molar-refractivity contribution in [2.45, 2.75) is 26.3 Å². The molecule has 0 unspecified atom stereocenters. The molecule has 0 spiro atoms. The molecule has 0 aliphatic heterocycles. The zero-order valence-corrected chi connectivity index (χ0v) is 14.3. The molecule has 0 aliphatic carbocycles. The number of carboxylic acid groups (broad SMARTS) is 1. The minimum Gasteiger partial charge on any atom is -0.480 e. The highest BCUT2D eigenvalue weighted by Gasteiger charge is 2.23. The summed E-state index contributed by atoms with van der Waals surface area (Å²) in [7, 11) is 0. The molecule has 1 amide bonds. The molecular weight excluding hydrogens is 336 g/mol. The van der Waals surface area contributed by atoms with Crippen LogP contribution in [0.1, 0.15) is 19.5 Å². The number of aliphatic carboxylic acids is 1. The van der Waals surface area contributed by atoms with E-state index in [2.05, 4.69) is 10.3 Å². The number of amides is 1. The van der Waals surface area contributed by atoms with Gasteiger partial charge in [0, 0.05) is 16.0 Å². The summed E-state index contributed by atoms with van der Waals surface area (Å²) in [4.78, 5) is 27.5. The topological polar surface area (TPSA) is 79.3 Å². The Kier molecular flexibility index (Phi) is 5.74. The molecule has 0 radical (unpaired) electrons. The van der Waals surface area contributed by atoms with E-state index >= 15 is 0 Å². The van der Waals surface area contributed by atoms with E-state index in [9.17, 15) is 9.59 Å². The molecule has 23 heavy (non-hydrogen) atoms. The first-order valence-electron chi connectivity index (χ1n) is 7.09. The van der Waals surface area contributed by atoms with E-state index < -0.39 is 12.0 Å². The average molecular weight is 353 g/mol. The Bertz CT molecular complexity index is 698. The van der Waals surface area contributed by atoms with Crippen LogP contribution in [0.5, 0.6) is 0 Å². The van der Waals surface area contributed by atoms with Crippen molar-refractivity contribution in [3.63, 3.8) is 0 Å². The number of hydrogen-bond acceptors (Lipinski definition) is 4. The molecule has 2 N–H and O–H groups in total. The van der Waals surface area contributed by atoms with Crippen molar-refractivity contribution in [3.8, 4) is 10.6 Å². The third kappa shape index (κ3) is 4.77. The van der Waals surface area contributed by atoms with Gasteiger partial charge in [-0.2, -0.15) is 0 Å². The Morgan fingerprint density at radius 2 is 1.96 bits per heavy atom. The molecule has 0 saturated heterocycles. The van der Waals surface area contributed by atoms with Gasteiger partial charge in [-0.1, -0.05) is 37.6 Å². The summed E-state index contributed by atoms with van der Waals surface area (Å²) in [5.41, 5.74) is 1.54. The molecule has 2 rings (SSSR count). The highest BCUT2D eigenvalue weighted by atomic mass is 35.5. The highest BCUT2D eigenvalue weighted by Crippen LogP contribution is 2.25. The maximum Gasteiger partial charge on any atom is 0.326 e. The van der Waals surface area contributed by atoms with Crippen LogP contribution in [0.3, 0.4) is 0 Å². The fraction of sp³-hybridized carbons (Fsp3) is 0.312. The van der Waals surface area contributed by atoms with Crippen molar-refractivity contribution in [3.05, 3.63) is 40.4 Å². The van der Waals surface area contributed by atoms with Crippen molar-refractivity contribution in [2.24, 2.45) is 5.92 Å². The largest absolute Gasteiger partial charge is 0.480 e. The van der Waals surface area contributed by atoms with Gasteiger partial charge in [-0.25, -0.2) is 9.78 Å². The summed E-state index contributed by atoms with van der Waals surface area (Å²) < 4.78 is 0. The van der Waals surface area contributed by atoms with Gasteiger partial charge in [-0.05, 0) is 18.1 Å². The molecule has 1 aromatic carbocycles. The van der Waals surface area contributed by atoms with E-state index in [4.69, 9.17) is 16.7 Å². The molecule has 0 saturated carbocycles. The maximum atomic E-state index is 12.0. The Morgan fingerprint density at radius 1 is 1.30 bits per heavy atom. The van der Waals surface area contributed by atoms with Crippen LogP contribution in [0, 0.1) is 5.92 Å². The van der Waals surface area contributed by atoms with E-state index in [-0.39, 0.29) is 18.2 Å². The molecule has 1 atom stereocenters. The van der Waals surface area contributed by atoms with E-state index in [0.29, 0.717) is 10.7 Å². The number of nitrogens with one attached hydrogen (secondary N) is 1. The number of carbonyl (C=O) groups is 2. The van der Waals surface area contributed by atoms with Gasteiger partial charge in [0.15, 0.2) is 0 Å². The number of carboxylic acids is 1. The third-order valence-electron chi connectivity index (χ3n) is 3.23. The van der Waals surface area contributed by atoms with Crippen LogP contribution in [0.4, 0.5) is 0 Å². The van der Waals surface area contributed by atoms with Gasteiger partial charge >= 0.3 is 5.97 Å². The quantitative estimate of drug-likeness (QED) is 0.836. The van der Waals surface area contributed by atoms with E-state index in [0.717, 1.165) is 10.6 Å². The van der Waals surface area contributed by atoms with Gasteiger partial charge in [0.1, 0.15) is 11.0 Å². The van der Waals surface area contributed by atoms with Gasteiger partial charge < -0.3 is 10.4 Å². The zero-order valence-electron chi connectivity index (χ0n) is 12.7. The summed E-state index contributed by atoms with van der Waals surface area (Å²) in [6, 6.07) is 6.40. The van der Waals surface area contributed by atoms with Gasteiger partial charge in [0.2, 0.25) is 5.91 Å². The monoisotopic (exact) mass is 352 g/mol. The lowest BCUT2D eigenvalue weighted by Gasteiger charge is -2.17.